The van der Waals surface area contributed by atoms with Crippen LogP contribution in [-0.2, 0) is 20.3 Å². The van der Waals surface area contributed by atoms with E-state index in [1.165, 1.54) is 0 Å². The molecular formula is C28H36Ge2Zr. The second-order valence-corrected chi connectivity index (χ2v) is 41.6. The fourth-order valence-electron chi connectivity index (χ4n) is 5.55. The quantitative estimate of drug-likeness (QED) is 0.311. The molecular weight excluding hydrogens is 573 g/mol. The molecule has 0 nitrogen and oxygen atoms in total. The standard InChI is InChI=1S/2C8H13Ge.2C6H5.Zr/c2*1-9(2,3)8-6-4-5-7-8;2*1-2-4-6-5-3-1;/h2*4,6H,5H2,1-3H3;2*1-5H;. The second kappa shape index (κ2) is 8.96. The first-order valence-electron chi connectivity index (χ1n) is 11.6. The molecule has 3 heteroatoms. The first-order valence-corrected chi connectivity index (χ1v) is 31.2. The fourth-order valence-corrected chi connectivity index (χ4v) is 39.6. The van der Waals surface area contributed by atoms with Crippen molar-refractivity contribution in [3.8, 4) is 0 Å². The van der Waals surface area contributed by atoms with Crippen LogP contribution in [0.25, 0.3) is 0 Å². The summed E-state index contributed by atoms with van der Waals surface area (Å²) in [5, 5.41) is 0. The molecule has 0 bridgehead atoms. The Morgan fingerprint density at radius 1 is 0.548 bits per heavy atom. The monoisotopic (exact) mass is 610 g/mol. The van der Waals surface area contributed by atoms with Gasteiger partial charge in [0, 0.05) is 0 Å². The van der Waals surface area contributed by atoms with Crippen LogP contribution in [0.15, 0.2) is 100 Å². The Labute approximate surface area is 199 Å². The summed E-state index contributed by atoms with van der Waals surface area (Å²) in [5.74, 6) is 15.5. The molecule has 0 saturated carbocycles. The molecule has 0 aliphatic heterocycles. The zero-order chi connectivity index (χ0) is 22.3. The van der Waals surface area contributed by atoms with Crippen LogP contribution in [0.1, 0.15) is 12.8 Å². The van der Waals surface area contributed by atoms with Gasteiger partial charge in [0.2, 0.25) is 0 Å². The van der Waals surface area contributed by atoms with E-state index in [9.17, 15) is 0 Å². The molecule has 0 N–H and O–H groups in total. The fraction of sp³-hybridized carbons (Fsp3) is 0.286. The molecule has 0 unspecified atom stereocenters. The van der Waals surface area contributed by atoms with Crippen LogP contribution in [0.4, 0.5) is 0 Å². The van der Waals surface area contributed by atoms with Crippen molar-refractivity contribution < 1.29 is 20.3 Å². The van der Waals surface area contributed by atoms with Crippen LogP contribution in [0.3, 0.4) is 0 Å². The van der Waals surface area contributed by atoms with Crippen molar-refractivity contribution in [3.63, 3.8) is 0 Å². The van der Waals surface area contributed by atoms with Crippen molar-refractivity contribution in [3.05, 3.63) is 100 Å². The molecule has 2 aromatic rings. The van der Waals surface area contributed by atoms with E-state index >= 15 is 0 Å². The van der Waals surface area contributed by atoms with Crippen LogP contribution in [0, 0.1) is 0 Å². The van der Waals surface area contributed by atoms with E-state index in [4.69, 9.17) is 0 Å². The Hall–Kier alpha value is -0.631. The van der Waals surface area contributed by atoms with E-state index in [1.54, 1.807) is 15.4 Å². The first-order chi connectivity index (χ1) is 14.7. The van der Waals surface area contributed by atoms with Gasteiger partial charge in [0.15, 0.2) is 0 Å². The van der Waals surface area contributed by atoms with Crippen molar-refractivity contribution in [2.45, 2.75) is 47.4 Å². The average molecular weight is 609 g/mol. The number of benzene rings is 2. The van der Waals surface area contributed by atoms with Gasteiger partial charge >= 0.3 is 201 Å². The van der Waals surface area contributed by atoms with E-state index in [1.807, 2.05) is 6.56 Å². The maximum absolute atomic E-state index is 3.39. The number of hydrogen-bond donors (Lipinski definition) is 0. The molecule has 2 aliphatic carbocycles. The number of allylic oxidation sites excluding steroid dienone is 8. The predicted octanol–water partition coefficient (Wildman–Crippen LogP) is 6.97. The summed E-state index contributed by atoms with van der Waals surface area (Å²) in [6.45, 7) is 0. The Morgan fingerprint density at radius 2 is 0.903 bits per heavy atom. The molecule has 4 rings (SSSR count). The normalized spacial score (nSPS) is 17.2. The second-order valence-electron chi connectivity index (χ2n) is 11.0. The summed E-state index contributed by atoms with van der Waals surface area (Å²) < 4.78 is 10.6. The molecule has 0 radical (unpaired) electrons. The third kappa shape index (κ3) is 4.32. The summed E-state index contributed by atoms with van der Waals surface area (Å²) in [6.07, 6.45) is 12.4. The van der Waals surface area contributed by atoms with Gasteiger partial charge in [0.05, 0.1) is 0 Å². The Kier molecular flexibility index (Phi) is 6.80. The van der Waals surface area contributed by atoms with E-state index in [2.05, 4.69) is 120 Å². The zero-order valence-corrected chi connectivity index (χ0v) is 26.7. The molecule has 0 aromatic heterocycles. The van der Waals surface area contributed by atoms with Gasteiger partial charge in [-0.2, -0.15) is 0 Å². The SMILES string of the molecule is [CH3][Ge]([CH3])([CH3])[C]1=[C]([Zr]([C]2=[C]([Ge]([CH3])([CH3])[CH3])C=CC2)([c]2ccccc2)[c]2ccccc2)CC=C1. The van der Waals surface area contributed by atoms with Gasteiger partial charge < -0.3 is 0 Å². The van der Waals surface area contributed by atoms with E-state index < -0.39 is 46.8 Å². The van der Waals surface area contributed by atoms with Gasteiger partial charge in [-0.1, -0.05) is 0 Å². The van der Waals surface area contributed by atoms with Crippen LogP contribution in [0.5, 0.6) is 0 Å². The molecule has 2 aliphatic rings. The van der Waals surface area contributed by atoms with Gasteiger partial charge in [0.1, 0.15) is 0 Å². The summed E-state index contributed by atoms with van der Waals surface area (Å²) >= 11 is -7.45. The summed E-state index contributed by atoms with van der Waals surface area (Å²) in [5.41, 5.74) is 0. The summed E-state index contributed by atoms with van der Waals surface area (Å²) in [4.78, 5) is 0. The van der Waals surface area contributed by atoms with Crippen LogP contribution in [0.2, 0.25) is 34.5 Å². The molecule has 0 heterocycles. The first kappa shape index (κ1) is 23.5. The molecule has 0 saturated heterocycles. The minimum atomic E-state index is -3.39. The van der Waals surface area contributed by atoms with Crippen molar-refractivity contribution in [1.29, 1.82) is 0 Å². The molecule has 0 spiro atoms. The number of rotatable bonds is 6. The molecule has 0 fully saturated rings. The number of hydrogen-bond acceptors (Lipinski definition) is 0. The predicted molar refractivity (Wildman–Crippen MR) is 140 cm³/mol. The average Bonchev–Trinajstić information content (AvgIpc) is 3.41. The van der Waals surface area contributed by atoms with Gasteiger partial charge in [-0.25, -0.2) is 0 Å². The minimum absolute atomic E-state index is 1.16. The molecule has 160 valence electrons. The van der Waals surface area contributed by atoms with Gasteiger partial charge in [-0.05, 0) is 0 Å². The maximum atomic E-state index is 2.58. The van der Waals surface area contributed by atoms with Crippen LogP contribution >= 0.6 is 0 Å². The third-order valence-corrected chi connectivity index (χ3v) is 30.8. The van der Waals surface area contributed by atoms with Crippen molar-refractivity contribution in [2.24, 2.45) is 0 Å². The van der Waals surface area contributed by atoms with E-state index in [-0.39, 0.29) is 0 Å². The van der Waals surface area contributed by atoms with Crippen LogP contribution < -0.4 is 6.54 Å². The molecule has 0 amide bonds. The van der Waals surface area contributed by atoms with Gasteiger partial charge in [-0.15, -0.1) is 0 Å². The Balaban J connectivity index is 2.18. The van der Waals surface area contributed by atoms with Gasteiger partial charge in [0.25, 0.3) is 0 Å². The van der Waals surface area contributed by atoms with E-state index in [0.29, 0.717) is 0 Å². The summed E-state index contributed by atoms with van der Waals surface area (Å²) in [7, 11) is 0. The van der Waals surface area contributed by atoms with Crippen LogP contribution in [-0.4, -0.2) is 26.5 Å². The zero-order valence-electron chi connectivity index (χ0n) is 20.0. The van der Waals surface area contributed by atoms with Gasteiger partial charge in [-0.3, -0.25) is 0 Å². The van der Waals surface area contributed by atoms with E-state index in [0.717, 1.165) is 12.8 Å². The topological polar surface area (TPSA) is 0 Å². The molecule has 31 heavy (non-hydrogen) atoms. The molecule has 2 aromatic carbocycles. The van der Waals surface area contributed by atoms with Crippen molar-refractivity contribution >= 4 is 33.1 Å². The van der Waals surface area contributed by atoms with Crippen molar-refractivity contribution in [2.75, 3.05) is 0 Å². The Bertz CT molecular complexity index is 986. The third-order valence-electron chi connectivity index (χ3n) is 6.80. The Morgan fingerprint density at radius 3 is 1.23 bits per heavy atom. The van der Waals surface area contributed by atoms with Crippen molar-refractivity contribution in [1.82, 2.24) is 0 Å². The summed E-state index contributed by atoms with van der Waals surface area (Å²) in [6, 6.07) is 23.4. The molecule has 0 atom stereocenters.